The Kier molecular flexibility index (Phi) is 4.12. The normalized spacial score (nSPS) is 14.0. The second-order valence-electron chi connectivity index (χ2n) is 5.62. The number of fused-ring (bicyclic) bond motifs is 1. The van der Waals surface area contributed by atoms with Gasteiger partial charge < -0.3 is 16.0 Å². The highest BCUT2D eigenvalue weighted by molar-refractivity contribution is 6.10. The smallest absolute Gasteiger partial charge is 0.258 e. The van der Waals surface area contributed by atoms with Gasteiger partial charge in [-0.05, 0) is 42.3 Å². The van der Waals surface area contributed by atoms with E-state index in [9.17, 15) is 9.59 Å². The van der Waals surface area contributed by atoms with Gasteiger partial charge in [0.05, 0.1) is 11.4 Å². The Morgan fingerprint density at radius 2 is 2.04 bits per heavy atom. The number of nitrogens with one attached hydrogen (secondary N) is 1. The van der Waals surface area contributed by atoms with Crippen LogP contribution in [0.15, 0.2) is 42.5 Å². The molecule has 5 nitrogen and oxygen atoms in total. The first-order valence-corrected chi connectivity index (χ1v) is 7.60. The number of rotatable bonds is 2. The Labute approximate surface area is 135 Å². The number of hydrogen-bond donors (Lipinski definition) is 2. The average Bonchev–Trinajstić information content (AvgIpc) is 2.72. The summed E-state index contributed by atoms with van der Waals surface area (Å²) in [5.41, 5.74) is 9.69. The molecule has 2 aromatic carbocycles. The Hall–Kier alpha value is -2.66. The Balaban J connectivity index is 1.99. The largest absolute Gasteiger partial charge is 0.326 e. The van der Waals surface area contributed by atoms with Crippen LogP contribution in [0.1, 0.15) is 27.9 Å². The fourth-order valence-corrected chi connectivity index (χ4v) is 2.79. The maximum absolute atomic E-state index is 12.9. The summed E-state index contributed by atoms with van der Waals surface area (Å²) < 4.78 is 0. The summed E-state index contributed by atoms with van der Waals surface area (Å²) in [6.07, 6.45) is 0.278. The van der Waals surface area contributed by atoms with Crippen LogP contribution in [0, 0.1) is 6.92 Å². The average molecular weight is 309 g/mol. The first-order chi connectivity index (χ1) is 11.1. The summed E-state index contributed by atoms with van der Waals surface area (Å²) in [6, 6.07) is 12.9. The highest BCUT2D eigenvalue weighted by atomic mass is 16.2. The van der Waals surface area contributed by atoms with E-state index in [-0.39, 0.29) is 18.2 Å². The van der Waals surface area contributed by atoms with Crippen LogP contribution in [0.4, 0.5) is 11.4 Å². The van der Waals surface area contributed by atoms with E-state index in [1.165, 1.54) is 0 Å². The molecular formula is C18H19N3O2. The summed E-state index contributed by atoms with van der Waals surface area (Å²) in [7, 11) is 0. The van der Waals surface area contributed by atoms with E-state index in [1.807, 2.05) is 43.3 Å². The molecule has 0 fully saturated rings. The lowest BCUT2D eigenvalue weighted by atomic mass is 10.0. The molecule has 1 aliphatic rings. The molecule has 118 valence electrons. The third-order valence-corrected chi connectivity index (χ3v) is 4.09. The van der Waals surface area contributed by atoms with Crippen molar-refractivity contribution in [1.82, 2.24) is 0 Å². The first-order valence-electron chi connectivity index (χ1n) is 7.60. The highest BCUT2D eigenvalue weighted by Gasteiger charge is 2.24. The van der Waals surface area contributed by atoms with Crippen molar-refractivity contribution in [3.05, 3.63) is 59.2 Å². The highest BCUT2D eigenvalue weighted by Crippen LogP contribution is 2.29. The minimum atomic E-state index is -0.111. The van der Waals surface area contributed by atoms with Crippen LogP contribution in [0.2, 0.25) is 0 Å². The summed E-state index contributed by atoms with van der Waals surface area (Å²) in [5, 5.41) is 2.84. The van der Waals surface area contributed by atoms with Crippen LogP contribution in [0.25, 0.3) is 0 Å². The van der Waals surface area contributed by atoms with Crippen molar-refractivity contribution >= 4 is 23.2 Å². The van der Waals surface area contributed by atoms with Crippen molar-refractivity contribution in [2.45, 2.75) is 19.9 Å². The third-order valence-electron chi connectivity index (χ3n) is 4.09. The molecule has 0 aromatic heterocycles. The number of nitrogens with two attached hydrogens (primary N) is 1. The zero-order valence-electron chi connectivity index (χ0n) is 13.0. The van der Waals surface area contributed by atoms with Gasteiger partial charge in [-0.15, -0.1) is 0 Å². The number of benzene rings is 2. The van der Waals surface area contributed by atoms with E-state index in [1.54, 1.807) is 11.0 Å². The number of anilines is 2. The number of aryl methyl sites for hydroxylation is 1. The monoisotopic (exact) mass is 309 g/mol. The second-order valence-corrected chi connectivity index (χ2v) is 5.62. The van der Waals surface area contributed by atoms with E-state index in [2.05, 4.69) is 5.32 Å². The van der Waals surface area contributed by atoms with E-state index >= 15 is 0 Å². The SMILES string of the molecule is Cc1cc(C(=O)N2CCC(=O)Nc3ccccc32)ccc1CN. The lowest BCUT2D eigenvalue weighted by Crippen LogP contribution is -2.32. The van der Waals surface area contributed by atoms with Gasteiger partial charge in [0.2, 0.25) is 5.91 Å². The van der Waals surface area contributed by atoms with E-state index in [0.717, 1.165) is 16.8 Å². The minimum absolute atomic E-state index is 0.0811. The van der Waals surface area contributed by atoms with Gasteiger partial charge in [-0.25, -0.2) is 0 Å². The zero-order chi connectivity index (χ0) is 16.4. The predicted octanol–water partition coefficient (Wildman–Crippen LogP) is 2.44. The van der Waals surface area contributed by atoms with Crippen LogP contribution < -0.4 is 16.0 Å². The topological polar surface area (TPSA) is 75.4 Å². The molecule has 0 saturated carbocycles. The molecular weight excluding hydrogens is 290 g/mol. The van der Waals surface area contributed by atoms with Gasteiger partial charge in [-0.1, -0.05) is 18.2 Å². The van der Waals surface area contributed by atoms with Crippen LogP contribution in [-0.4, -0.2) is 18.4 Å². The minimum Gasteiger partial charge on any atom is -0.326 e. The fourth-order valence-electron chi connectivity index (χ4n) is 2.79. The standard InChI is InChI=1S/C18H19N3O2/c1-12-10-13(6-7-14(12)11-19)18(23)21-9-8-17(22)20-15-4-2-3-5-16(15)21/h2-7,10H,8-9,11,19H2,1H3,(H,20,22). The van der Waals surface area contributed by atoms with Gasteiger partial charge in [-0.3, -0.25) is 9.59 Å². The molecule has 0 spiro atoms. The van der Waals surface area contributed by atoms with Gasteiger partial charge >= 0.3 is 0 Å². The third kappa shape index (κ3) is 2.96. The molecule has 3 rings (SSSR count). The summed E-state index contributed by atoms with van der Waals surface area (Å²) in [6.45, 7) is 2.76. The Morgan fingerprint density at radius 3 is 2.78 bits per heavy atom. The van der Waals surface area contributed by atoms with Crippen molar-refractivity contribution in [3.63, 3.8) is 0 Å². The number of amides is 2. The van der Waals surface area contributed by atoms with Crippen LogP contribution in [-0.2, 0) is 11.3 Å². The molecule has 0 saturated heterocycles. The second kappa shape index (κ2) is 6.22. The van der Waals surface area contributed by atoms with Crippen LogP contribution in [0.3, 0.4) is 0 Å². The quantitative estimate of drug-likeness (QED) is 0.894. The van der Waals surface area contributed by atoms with Crippen molar-refractivity contribution < 1.29 is 9.59 Å². The van der Waals surface area contributed by atoms with Crippen LogP contribution in [0.5, 0.6) is 0 Å². The molecule has 2 aromatic rings. The first kappa shape index (κ1) is 15.2. The van der Waals surface area contributed by atoms with Crippen molar-refractivity contribution in [3.8, 4) is 0 Å². The molecule has 0 atom stereocenters. The lowest BCUT2D eigenvalue weighted by Gasteiger charge is -2.22. The molecule has 0 bridgehead atoms. The summed E-state index contributed by atoms with van der Waals surface area (Å²) in [4.78, 5) is 26.4. The zero-order valence-corrected chi connectivity index (χ0v) is 13.0. The van der Waals surface area contributed by atoms with E-state index in [4.69, 9.17) is 5.73 Å². The number of carbonyl (C=O) groups excluding carboxylic acids is 2. The van der Waals surface area contributed by atoms with Gasteiger partial charge in [0.15, 0.2) is 0 Å². The molecule has 1 heterocycles. The van der Waals surface area contributed by atoms with Crippen LogP contribution >= 0.6 is 0 Å². The maximum Gasteiger partial charge on any atom is 0.258 e. The lowest BCUT2D eigenvalue weighted by molar-refractivity contribution is -0.115. The summed E-state index contributed by atoms with van der Waals surface area (Å²) in [5.74, 6) is -0.192. The van der Waals surface area contributed by atoms with E-state index in [0.29, 0.717) is 24.3 Å². The molecule has 23 heavy (non-hydrogen) atoms. The van der Waals surface area contributed by atoms with Gasteiger partial charge in [-0.2, -0.15) is 0 Å². The molecule has 5 heteroatoms. The molecule has 2 amide bonds. The number of hydrogen-bond acceptors (Lipinski definition) is 3. The van der Waals surface area contributed by atoms with Gasteiger partial charge in [0.1, 0.15) is 0 Å². The van der Waals surface area contributed by atoms with E-state index < -0.39 is 0 Å². The van der Waals surface area contributed by atoms with Gasteiger partial charge in [0, 0.05) is 25.1 Å². The molecule has 0 aliphatic carbocycles. The molecule has 0 radical (unpaired) electrons. The van der Waals surface area contributed by atoms with Crippen molar-refractivity contribution in [1.29, 1.82) is 0 Å². The maximum atomic E-state index is 12.9. The molecule has 3 N–H and O–H groups in total. The molecule has 1 aliphatic heterocycles. The molecule has 0 unspecified atom stereocenters. The fraction of sp³-hybridized carbons (Fsp3) is 0.222. The Bertz CT molecular complexity index is 771. The number of nitrogens with zero attached hydrogens (tertiary/aromatic N) is 1. The summed E-state index contributed by atoms with van der Waals surface area (Å²) >= 11 is 0. The van der Waals surface area contributed by atoms with Crippen molar-refractivity contribution in [2.24, 2.45) is 5.73 Å². The number of para-hydroxylation sites is 2. The number of carbonyl (C=O) groups is 2. The predicted molar refractivity (Wildman–Crippen MR) is 90.4 cm³/mol. The Morgan fingerprint density at radius 1 is 1.26 bits per heavy atom. The van der Waals surface area contributed by atoms with Gasteiger partial charge in [0.25, 0.3) is 5.91 Å². The van der Waals surface area contributed by atoms with Crippen molar-refractivity contribution in [2.75, 3.05) is 16.8 Å².